The van der Waals surface area contributed by atoms with E-state index in [1.807, 2.05) is 30.3 Å². The van der Waals surface area contributed by atoms with E-state index in [4.69, 9.17) is 4.65 Å². The second-order valence-electron chi connectivity index (χ2n) is 4.95. The fourth-order valence-electron chi connectivity index (χ4n) is 2.29. The van der Waals surface area contributed by atoms with Crippen LogP contribution in [0, 0.1) is 0 Å². The first-order valence-electron chi connectivity index (χ1n) is 6.88. The van der Waals surface area contributed by atoms with Crippen molar-refractivity contribution < 1.29 is 14.5 Å². The fraction of sp³-hybridized carbons (Fsp3) is 0.500. The van der Waals surface area contributed by atoms with Crippen molar-refractivity contribution in [1.82, 2.24) is 5.32 Å². The Balaban J connectivity index is 1.86. The number of carbonyl (C=O) groups excluding carboxylic acids is 1. The second-order valence-corrected chi connectivity index (χ2v) is 4.95. The first kappa shape index (κ1) is 14.1. The molecule has 5 heteroatoms. The van der Waals surface area contributed by atoms with E-state index < -0.39 is 7.12 Å². The van der Waals surface area contributed by atoms with Crippen molar-refractivity contribution in [3.63, 3.8) is 0 Å². The Kier molecular flexibility index (Phi) is 5.42. The number of hydrogen-bond donors (Lipinski definition) is 2. The van der Waals surface area contributed by atoms with E-state index in [9.17, 15) is 9.82 Å². The summed E-state index contributed by atoms with van der Waals surface area (Å²) in [6.07, 6.45) is 4.17. The van der Waals surface area contributed by atoms with Crippen LogP contribution < -0.4 is 5.32 Å². The van der Waals surface area contributed by atoms with Gasteiger partial charge in [0.25, 0.3) is 0 Å². The van der Waals surface area contributed by atoms with Gasteiger partial charge in [-0.1, -0.05) is 43.2 Å². The lowest BCUT2D eigenvalue weighted by Crippen LogP contribution is -2.49. The molecule has 102 valence electrons. The molecule has 1 aromatic carbocycles. The fourth-order valence-corrected chi connectivity index (χ4v) is 2.29. The normalized spacial score (nSPS) is 20.5. The molecule has 1 aliphatic heterocycles. The molecular weight excluding hydrogens is 241 g/mol. The number of nitrogens with one attached hydrogen (secondary N) is 1. The molecule has 0 spiro atoms. The minimum atomic E-state index is -0.889. The van der Waals surface area contributed by atoms with E-state index >= 15 is 0 Å². The topological polar surface area (TPSA) is 58.6 Å². The first-order valence-corrected chi connectivity index (χ1v) is 6.88. The summed E-state index contributed by atoms with van der Waals surface area (Å²) in [5, 5.41) is 12.7. The zero-order valence-electron chi connectivity index (χ0n) is 11.0. The maximum Gasteiger partial charge on any atom is 0.478 e. The summed E-state index contributed by atoms with van der Waals surface area (Å²) in [6.45, 7) is 0.562. The highest BCUT2D eigenvalue weighted by molar-refractivity contribution is 6.45. The average molecular weight is 261 g/mol. The van der Waals surface area contributed by atoms with Gasteiger partial charge in [0, 0.05) is 6.61 Å². The number of hydrogen-bond acceptors (Lipinski definition) is 3. The van der Waals surface area contributed by atoms with Gasteiger partial charge in [-0.2, -0.15) is 0 Å². The summed E-state index contributed by atoms with van der Waals surface area (Å²) in [6, 6.07) is 9.59. The van der Waals surface area contributed by atoms with E-state index in [-0.39, 0.29) is 11.8 Å². The van der Waals surface area contributed by atoms with E-state index in [2.05, 4.69) is 5.32 Å². The minimum Gasteiger partial charge on any atom is -0.426 e. The van der Waals surface area contributed by atoms with Crippen LogP contribution in [0.25, 0.3) is 0 Å². The van der Waals surface area contributed by atoms with Crippen LogP contribution in [-0.2, 0) is 15.9 Å². The standard InChI is InChI=1S/C14H20BNO3/c17-14(11-12-7-3-1-4-8-12)16-13-9-5-2-6-10-19-15(13)18/h1,3-4,7-8,13,18H,2,5-6,9-11H2,(H,16,17)/t13-/m0/s1. The van der Waals surface area contributed by atoms with Gasteiger partial charge in [-0.15, -0.1) is 0 Å². The first-order chi connectivity index (χ1) is 9.25. The average Bonchev–Trinajstić information content (AvgIpc) is 2.40. The Hall–Kier alpha value is -1.33. The number of carbonyl (C=O) groups is 1. The van der Waals surface area contributed by atoms with E-state index in [0.717, 1.165) is 31.2 Å². The van der Waals surface area contributed by atoms with Gasteiger partial charge in [-0.05, 0) is 18.4 Å². The molecule has 1 saturated heterocycles. The molecule has 1 heterocycles. The van der Waals surface area contributed by atoms with Crippen molar-refractivity contribution >= 4 is 13.0 Å². The van der Waals surface area contributed by atoms with Crippen LogP contribution in [0.5, 0.6) is 0 Å². The maximum atomic E-state index is 11.9. The molecule has 4 nitrogen and oxygen atoms in total. The molecule has 0 radical (unpaired) electrons. The zero-order valence-corrected chi connectivity index (χ0v) is 11.0. The molecule has 1 atom stereocenters. The quantitative estimate of drug-likeness (QED) is 0.807. The third-order valence-corrected chi connectivity index (χ3v) is 3.35. The SMILES string of the molecule is O=C(Cc1ccccc1)N[C@H]1CCCCCOB1O. The molecule has 0 aromatic heterocycles. The predicted octanol–water partition coefficient (Wildman–Crippen LogP) is 1.32. The van der Waals surface area contributed by atoms with Gasteiger partial charge in [0.2, 0.25) is 5.91 Å². The molecule has 19 heavy (non-hydrogen) atoms. The molecule has 1 fully saturated rings. The molecule has 2 rings (SSSR count). The van der Waals surface area contributed by atoms with Gasteiger partial charge in [0.05, 0.1) is 12.4 Å². The van der Waals surface area contributed by atoms with E-state index in [0.29, 0.717) is 13.0 Å². The highest BCUT2D eigenvalue weighted by atomic mass is 16.5. The summed E-state index contributed by atoms with van der Waals surface area (Å²) in [4.78, 5) is 11.9. The van der Waals surface area contributed by atoms with Crippen molar-refractivity contribution in [2.75, 3.05) is 6.61 Å². The van der Waals surface area contributed by atoms with Crippen LogP contribution in [0.1, 0.15) is 31.2 Å². The Morgan fingerprint density at radius 1 is 1.32 bits per heavy atom. The largest absolute Gasteiger partial charge is 0.478 e. The van der Waals surface area contributed by atoms with Crippen molar-refractivity contribution in [1.29, 1.82) is 0 Å². The van der Waals surface area contributed by atoms with Crippen molar-refractivity contribution in [3.05, 3.63) is 35.9 Å². The Morgan fingerprint density at radius 3 is 2.89 bits per heavy atom. The van der Waals surface area contributed by atoms with Crippen LogP contribution in [0.4, 0.5) is 0 Å². The lowest BCUT2D eigenvalue weighted by atomic mass is 9.75. The highest BCUT2D eigenvalue weighted by Crippen LogP contribution is 2.11. The molecule has 0 aliphatic carbocycles. The van der Waals surface area contributed by atoms with Gasteiger partial charge in [0.1, 0.15) is 0 Å². The monoisotopic (exact) mass is 261 g/mol. The summed E-state index contributed by atoms with van der Waals surface area (Å²) in [5.74, 6) is -0.365. The molecular formula is C14H20BNO3. The van der Waals surface area contributed by atoms with Crippen molar-refractivity contribution in [2.45, 2.75) is 38.0 Å². The molecule has 0 bridgehead atoms. The third-order valence-electron chi connectivity index (χ3n) is 3.35. The molecule has 0 saturated carbocycles. The van der Waals surface area contributed by atoms with Crippen molar-refractivity contribution in [3.8, 4) is 0 Å². The van der Waals surface area contributed by atoms with Crippen LogP contribution >= 0.6 is 0 Å². The summed E-state index contributed by atoms with van der Waals surface area (Å²) in [5.41, 5.74) is 0.973. The second kappa shape index (κ2) is 7.31. The molecule has 2 N–H and O–H groups in total. The third kappa shape index (κ3) is 4.69. The zero-order chi connectivity index (χ0) is 13.5. The molecule has 1 aromatic rings. The minimum absolute atomic E-state index is 0.0700. The van der Waals surface area contributed by atoms with E-state index in [1.54, 1.807) is 0 Å². The Bertz CT molecular complexity index is 399. The lowest BCUT2D eigenvalue weighted by molar-refractivity contribution is -0.120. The molecule has 0 unspecified atom stereocenters. The summed E-state index contributed by atoms with van der Waals surface area (Å²) >= 11 is 0. The number of benzene rings is 1. The molecule has 1 amide bonds. The Morgan fingerprint density at radius 2 is 2.11 bits per heavy atom. The Labute approximate surface area is 114 Å². The van der Waals surface area contributed by atoms with Gasteiger partial charge in [0.15, 0.2) is 0 Å². The van der Waals surface area contributed by atoms with Gasteiger partial charge in [-0.25, -0.2) is 0 Å². The van der Waals surface area contributed by atoms with Gasteiger partial charge < -0.3 is 15.0 Å². The smallest absolute Gasteiger partial charge is 0.426 e. The predicted molar refractivity (Wildman–Crippen MR) is 74.5 cm³/mol. The lowest BCUT2D eigenvalue weighted by Gasteiger charge is -2.23. The van der Waals surface area contributed by atoms with Crippen LogP contribution in [-0.4, -0.2) is 30.6 Å². The maximum absolute atomic E-state index is 11.9. The van der Waals surface area contributed by atoms with Crippen LogP contribution in [0.2, 0.25) is 0 Å². The van der Waals surface area contributed by atoms with Gasteiger partial charge in [-0.3, -0.25) is 4.79 Å². The summed E-state index contributed by atoms with van der Waals surface area (Å²) < 4.78 is 5.29. The van der Waals surface area contributed by atoms with Crippen LogP contribution in [0.3, 0.4) is 0 Å². The van der Waals surface area contributed by atoms with Crippen molar-refractivity contribution in [2.24, 2.45) is 0 Å². The van der Waals surface area contributed by atoms with Crippen LogP contribution in [0.15, 0.2) is 30.3 Å². The molecule has 1 aliphatic rings. The van der Waals surface area contributed by atoms with Gasteiger partial charge >= 0.3 is 7.12 Å². The summed E-state index contributed by atoms with van der Waals surface area (Å²) in [7, 11) is -0.889. The van der Waals surface area contributed by atoms with E-state index in [1.165, 1.54) is 0 Å². The number of rotatable bonds is 3. The number of amides is 1. The highest BCUT2D eigenvalue weighted by Gasteiger charge is 2.29.